The summed E-state index contributed by atoms with van der Waals surface area (Å²) in [7, 11) is 0. The van der Waals surface area contributed by atoms with Gasteiger partial charge >= 0.3 is 0 Å². The molecule has 0 aromatic rings. The largest absolute Gasteiger partial charge is 0.394 e. The van der Waals surface area contributed by atoms with Crippen molar-refractivity contribution in [2.45, 2.75) is 42.7 Å². The third-order valence-electron chi connectivity index (χ3n) is 2.68. The molecule has 0 saturated carbocycles. The summed E-state index contributed by atoms with van der Waals surface area (Å²) in [5.41, 5.74) is 0. The summed E-state index contributed by atoms with van der Waals surface area (Å²) in [4.78, 5) is 0. The average Bonchev–Trinajstić information content (AvgIpc) is 2.56. The van der Waals surface area contributed by atoms with E-state index in [4.69, 9.17) is 56.2 Å². The molecule has 0 heterocycles. The van der Waals surface area contributed by atoms with Crippen molar-refractivity contribution in [2.24, 2.45) is 0 Å². The predicted octanol–water partition coefficient (Wildman–Crippen LogP) is -6.53. The normalized spacial score (nSPS) is 20.9. The lowest BCUT2D eigenvalue weighted by Crippen LogP contribution is -2.46. The first-order valence-corrected chi connectivity index (χ1v) is 6.37. The van der Waals surface area contributed by atoms with E-state index in [1.807, 2.05) is 0 Å². The first kappa shape index (κ1) is 23.8. The molecule has 0 rings (SSSR count). The molecule has 0 aromatic carbocycles. The maximum absolute atomic E-state index is 8.96. The van der Waals surface area contributed by atoms with E-state index < -0.39 is 69.2 Å². The summed E-state index contributed by atoms with van der Waals surface area (Å²) < 4.78 is 0. The second-order valence-electron chi connectivity index (χ2n) is 4.47. The van der Waals surface area contributed by atoms with Gasteiger partial charge in [-0.15, -0.1) is 0 Å². The molecule has 0 amide bonds. The second kappa shape index (κ2) is 13.0. The lowest BCUT2D eigenvalue weighted by molar-refractivity contribution is -0.123. The van der Waals surface area contributed by atoms with Crippen LogP contribution in [0.25, 0.3) is 0 Å². The fourth-order valence-electron chi connectivity index (χ4n) is 1.14. The molecule has 11 heteroatoms. The Kier molecular flexibility index (Phi) is 14.1. The quantitative estimate of drug-likeness (QED) is 0.190. The van der Waals surface area contributed by atoms with Crippen molar-refractivity contribution in [3.8, 4) is 0 Å². The van der Waals surface area contributed by atoms with E-state index >= 15 is 0 Å². The van der Waals surface area contributed by atoms with Crippen molar-refractivity contribution in [2.75, 3.05) is 26.4 Å². The third kappa shape index (κ3) is 8.87. The zero-order valence-corrected chi connectivity index (χ0v) is 11.8. The van der Waals surface area contributed by atoms with Gasteiger partial charge in [-0.25, -0.2) is 0 Å². The highest BCUT2D eigenvalue weighted by molar-refractivity contribution is 4.79. The van der Waals surface area contributed by atoms with Crippen LogP contribution in [0.3, 0.4) is 0 Å². The first-order valence-electron chi connectivity index (χ1n) is 6.37. The van der Waals surface area contributed by atoms with Crippen LogP contribution in [0.5, 0.6) is 0 Å². The van der Waals surface area contributed by atoms with Crippen LogP contribution in [0.1, 0.15) is 0 Å². The Hall–Kier alpha value is -0.440. The number of hydrogen-bond acceptors (Lipinski definition) is 11. The maximum atomic E-state index is 8.96. The van der Waals surface area contributed by atoms with E-state index in [0.29, 0.717) is 0 Å². The molecular formula is C11H26O11. The van der Waals surface area contributed by atoms with Gasteiger partial charge in [-0.2, -0.15) is 0 Å². The van der Waals surface area contributed by atoms with Gasteiger partial charge in [0.1, 0.15) is 42.7 Å². The molecule has 0 fully saturated rings. The van der Waals surface area contributed by atoms with E-state index in [9.17, 15) is 0 Å². The van der Waals surface area contributed by atoms with Gasteiger partial charge in [0.2, 0.25) is 0 Å². The van der Waals surface area contributed by atoms with Gasteiger partial charge in [0.25, 0.3) is 0 Å². The standard InChI is InChI=1S/C6H14O6.C5H12O5/c7-1-3(9)5(11)6(12)4(10)2-8;6-1-3(8)5(10)4(9)2-7/h3-12H,1-2H2;3-10H,1-2H2/t3-,4+,5+,6-;3-,4+,5-. The summed E-state index contributed by atoms with van der Waals surface area (Å²) in [5, 5.41) is 94.8. The van der Waals surface area contributed by atoms with Crippen LogP contribution >= 0.6 is 0 Å². The van der Waals surface area contributed by atoms with Gasteiger partial charge in [-0.3, -0.25) is 0 Å². The van der Waals surface area contributed by atoms with Crippen LogP contribution in [0.15, 0.2) is 0 Å². The Labute approximate surface area is 126 Å². The molecule has 7 atom stereocenters. The number of aliphatic hydroxyl groups excluding tert-OH is 11. The molecular weight excluding hydrogens is 308 g/mol. The molecule has 22 heavy (non-hydrogen) atoms. The molecule has 0 saturated heterocycles. The Bertz CT molecular complexity index is 230. The molecule has 0 radical (unpaired) electrons. The Morgan fingerprint density at radius 1 is 0.364 bits per heavy atom. The van der Waals surface area contributed by atoms with E-state index in [0.717, 1.165) is 0 Å². The lowest BCUT2D eigenvalue weighted by Gasteiger charge is -2.24. The SMILES string of the molecule is OC[C@@H](O)[C@@H](O)[C@@H](O)CO.OC[C@@H](O)[C@H](O)[C@H](O)[C@@H](O)CO. The molecule has 0 spiro atoms. The van der Waals surface area contributed by atoms with Gasteiger partial charge in [0.05, 0.1) is 26.4 Å². The topological polar surface area (TPSA) is 223 Å². The molecule has 0 aliphatic heterocycles. The van der Waals surface area contributed by atoms with Crippen LogP contribution in [0.4, 0.5) is 0 Å². The highest BCUT2D eigenvalue weighted by Crippen LogP contribution is 2.04. The minimum absolute atomic E-state index is 0.641. The predicted molar refractivity (Wildman–Crippen MR) is 70.4 cm³/mol. The fourth-order valence-corrected chi connectivity index (χ4v) is 1.14. The molecule has 0 aliphatic carbocycles. The van der Waals surface area contributed by atoms with Gasteiger partial charge in [0.15, 0.2) is 0 Å². The minimum Gasteiger partial charge on any atom is -0.394 e. The Morgan fingerprint density at radius 2 is 0.545 bits per heavy atom. The van der Waals surface area contributed by atoms with Gasteiger partial charge < -0.3 is 56.2 Å². The Balaban J connectivity index is 0. The third-order valence-corrected chi connectivity index (χ3v) is 2.68. The minimum atomic E-state index is -1.67. The summed E-state index contributed by atoms with van der Waals surface area (Å²) in [6.45, 7) is -2.73. The van der Waals surface area contributed by atoms with Gasteiger partial charge in [0, 0.05) is 0 Å². The highest BCUT2D eigenvalue weighted by Gasteiger charge is 2.29. The van der Waals surface area contributed by atoms with E-state index in [1.165, 1.54) is 0 Å². The summed E-state index contributed by atoms with van der Waals surface area (Å²) >= 11 is 0. The molecule has 11 N–H and O–H groups in total. The fraction of sp³-hybridized carbons (Fsp3) is 1.00. The van der Waals surface area contributed by atoms with Crippen LogP contribution < -0.4 is 0 Å². The maximum Gasteiger partial charge on any atom is 0.111 e. The first-order chi connectivity index (χ1) is 10.2. The van der Waals surface area contributed by atoms with Crippen molar-refractivity contribution in [3.63, 3.8) is 0 Å². The number of hydrogen-bond donors (Lipinski definition) is 11. The number of aliphatic hydroxyl groups is 11. The van der Waals surface area contributed by atoms with Crippen molar-refractivity contribution in [1.29, 1.82) is 0 Å². The summed E-state index contributed by atoms with van der Waals surface area (Å²) in [6.07, 6.45) is -10.7. The molecule has 0 aromatic heterocycles. The van der Waals surface area contributed by atoms with Crippen molar-refractivity contribution < 1.29 is 56.2 Å². The summed E-state index contributed by atoms with van der Waals surface area (Å²) in [5.74, 6) is 0. The van der Waals surface area contributed by atoms with Crippen LogP contribution in [0.2, 0.25) is 0 Å². The second-order valence-corrected chi connectivity index (χ2v) is 4.47. The number of rotatable bonds is 9. The lowest BCUT2D eigenvalue weighted by atomic mass is 10.0. The average molecular weight is 334 g/mol. The highest BCUT2D eigenvalue weighted by atomic mass is 16.4. The molecule has 0 unspecified atom stereocenters. The van der Waals surface area contributed by atoms with Crippen LogP contribution in [0, 0.1) is 0 Å². The molecule has 0 aliphatic rings. The van der Waals surface area contributed by atoms with Crippen LogP contribution in [-0.2, 0) is 0 Å². The van der Waals surface area contributed by atoms with E-state index in [2.05, 4.69) is 0 Å². The monoisotopic (exact) mass is 334 g/mol. The zero-order chi connectivity index (χ0) is 17.9. The Morgan fingerprint density at radius 3 is 0.727 bits per heavy atom. The van der Waals surface area contributed by atoms with Gasteiger partial charge in [-0.05, 0) is 0 Å². The molecule has 11 nitrogen and oxygen atoms in total. The molecule has 0 bridgehead atoms. The zero-order valence-electron chi connectivity index (χ0n) is 11.8. The smallest absolute Gasteiger partial charge is 0.111 e. The van der Waals surface area contributed by atoms with Crippen molar-refractivity contribution in [3.05, 3.63) is 0 Å². The van der Waals surface area contributed by atoms with Gasteiger partial charge in [-0.1, -0.05) is 0 Å². The van der Waals surface area contributed by atoms with E-state index in [1.54, 1.807) is 0 Å². The molecule has 136 valence electrons. The van der Waals surface area contributed by atoms with E-state index in [-0.39, 0.29) is 0 Å². The van der Waals surface area contributed by atoms with Crippen molar-refractivity contribution >= 4 is 0 Å². The summed E-state index contributed by atoms with van der Waals surface area (Å²) in [6, 6.07) is 0. The van der Waals surface area contributed by atoms with Crippen LogP contribution in [-0.4, -0.2) is 125 Å². The van der Waals surface area contributed by atoms with Crippen molar-refractivity contribution in [1.82, 2.24) is 0 Å².